The summed E-state index contributed by atoms with van der Waals surface area (Å²) >= 11 is 0. The first-order valence-electron chi connectivity index (χ1n) is 12.7. The van der Waals surface area contributed by atoms with Gasteiger partial charge < -0.3 is 15.0 Å². The summed E-state index contributed by atoms with van der Waals surface area (Å²) in [5.41, 5.74) is 3.60. The van der Waals surface area contributed by atoms with Gasteiger partial charge in [0, 0.05) is 42.9 Å². The Balaban J connectivity index is 1.55. The molecule has 0 spiro atoms. The zero-order valence-electron chi connectivity index (χ0n) is 20.7. The molecule has 5 atom stereocenters. The van der Waals surface area contributed by atoms with Crippen LogP contribution in [-0.2, 0) is 17.9 Å². The summed E-state index contributed by atoms with van der Waals surface area (Å²) in [7, 11) is 0. The maximum absolute atomic E-state index is 13.9. The zero-order chi connectivity index (χ0) is 25.2. The van der Waals surface area contributed by atoms with Crippen LogP contribution in [0.1, 0.15) is 48.3 Å². The molecule has 1 saturated heterocycles. The van der Waals surface area contributed by atoms with E-state index < -0.39 is 5.92 Å². The number of allylic oxidation sites excluding steroid dienone is 1. The van der Waals surface area contributed by atoms with Crippen molar-refractivity contribution < 1.29 is 9.90 Å². The fourth-order valence-corrected chi connectivity index (χ4v) is 5.99. The summed E-state index contributed by atoms with van der Waals surface area (Å²) in [6, 6.07) is 23.3. The molecule has 1 amide bonds. The molecular formula is C30H33N3O3. The molecule has 1 aromatic heterocycles. The average molecular weight is 484 g/mol. The molecule has 2 aromatic carbocycles. The van der Waals surface area contributed by atoms with E-state index in [2.05, 4.69) is 22.3 Å². The van der Waals surface area contributed by atoms with Crippen LogP contribution in [0.25, 0.3) is 6.08 Å². The summed E-state index contributed by atoms with van der Waals surface area (Å²) in [5, 5.41) is 13.8. The Morgan fingerprint density at radius 3 is 2.44 bits per heavy atom. The molecule has 2 aliphatic heterocycles. The fourth-order valence-electron chi connectivity index (χ4n) is 5.99. The molecule has 0 radical (unpaired) electrons. The third-order valence-corrected chi connectivity index (χ3v) is 7.72. The predicted molar refractivity (Wildman–Crippen MR) is 141 cm³/mol. The van der Waals surface area contributed by atoms with Gasteiger partial charge in [-0.2, -0.15) is 0 Å². The summed E-state index contributed by atoms with van der Waals surface area (Å²) < 4.78 is 1.82. The van der Waals surface area contributed by atoms with Crippen LogP contribution in [0.2, 0.25) is 0 Å². The second-order valence-electron chi connectivity index (χ2n) is 9.81. The van der Waals surface area contributed by atoms with Crippen LogP contribution in [0, 0.1) is 11.8 Å². The molecule has 186 valence electrons. The van der Waals surface area contributed by atoms with Gasteiger partial charge >= 0.3 is 0 Å². The summed E-state index contributed by atoms with van der Waals surface area (Å²) in [5.74, 6) is -0.851. The number of nitrogens with zero attached hydrogens (tertiary/aromatic N) is 2. The molecule has 2 bridgehead atoms. The van der Waals surface area contributed by atoms with Crippen LogP contribution in [0.4, 0.5) is 0 Å². The number of rotatable bonds is 7. The van der Waals surface area contributed by atoms with Crippen molar-refractivity contribution in [3.05, 3.63) is 112 Å². The minimum absolute atomic E-state index is 0.0460. The molecule has 0 saturated carbocycles. The SMILES string of the molecule is C/C=C/c1ccc2n(c1=O)C[C@H]1[C@H](CO)[C@@H](C(=O)N[C@@H](C)c3ccccc3)[C@@H]2N1Cc1ccccc1. The molecule has 0 aliphatic carbocycles. The van der Waals surface area contributed by atoms with Gasteiger partial charge in [0.15, 0.2) is 0 Å². The van der Waals surface area contributed by atoms with Gasteiger partial charge in [-0.05, 0) is 37.1 Å². The van der Waals surface area contributed by atoms with Crippen LogP contribution >= 0.6 is 0 Å². The third-order valence-electron chi connectivity index (χ3n) is 7.72. The van der Waals surface area contributed by atoms with Crippen molar-refractivity contribution in [3.63, 3.8) is 0 Å². The average Bonchev–Trinajstić information content (AvgIpc) is 3.10. The normalized spacial score (nSPS) is 24.0. The highest BCUT2D eigenvalue weighted by Crippen LogP contribution is 2.49. The van der Waals surface area contributed by atoms with E-state index in [0.29, 0.717) is 18.7 Å². The maximum Gasteiger partial charge on any atom is 0.258 e. The Bertz CT molecular complexity index is 1300. The number of aliphatic hydroxyl groups excluding tert-OH is 1. The van der Waals surface area contributed by atoms with Gasteiger partial charge in [0.25, 0.3) is 5.56 Å². The number of carbonyl (C=O) groups is 1. The third kappa shape index (κ3) is 4.31. The van der Waals surface area contributed by atoms with Crippen molar-refractivity contribution in [3.8, 4) is 0 Å². The number of aliphatic hydroxyl groups is 1. The quantitative estimate of drug-likeness (QED) is 0.534. The lowest BCUT2D eigenvalue weighted by Gasteiger charge is -2.38. The molecule has 2 N–H and O–H groups in total. The minimum atomic E-state index is -0.476. The van der Waals surface area contributed by atoms with Gasteiger partial charge in [0.05, 0.1) is 18.0 Å². The molecule has 0 unspecified atom stereocenters. The number of carbonyl (C=O) groups excluding carboxylic acids is 1. The van der Waals surface area contributed by atoms with Crippen molar-refractivity contribution in [2.24, 2.45) is 11.8 Å². The largest absolute Gasteiger partial charge is 0.396 e. The lowest BCUT2D eigenvalue weighted by molar-refractivity contribution is -0.128. The number of fused-ring (bicyclic) bond motifs is 4. The lowest BCUT2D eigenvalue weighted by Crippen LogP contribution is -2.46. The minimum Gasteiger partial charge on any atom is -0.396 e. The van der Waals surface area contributed by atoms with Crippen LogP contribution in [0.5, 0.6) is 0 Å². The molecule has 36 heavy (non-hydrogen) atoms. The van der Waals surface area contributed by atoms with Gasteiger partial charge in [-0.3, -0.25) is 14.5 Å². The highest BCUT2D eigenvalue weighted by atomic mass is 16.3. The number of hydrogen-bond acceptors (Lipinski definition) is 4. The Morgan fingerprint density at radius 1 is 1.08 bits per heavy atom. The molecule has 3 aromatic rings. The van der Waals surface area contributed by atoms with Gasteiger partial charge in [-0.15, -0.1) is 0 Å². The van der Waals surface area contributed by atoms with Crippen LogP contribution < -0.4 is 10.9 Å². The van der Waals surface area contributed by atoms with E-state index in [1.807, 2.05) is 91.2 Å². The Morgan fingerprint density at radius 2 is 1.78 bits per heavy atom. The monoisotopic (exact) mass is 483 g/mol. The lowest BCUT2D eigenvalue weighted by atomic mass is 9.86. The second kappa shape index (κ2) is 10.2. The van der Waals surface area contributed by atoms with E-state index in [0.717, 1.165) is 16.8 Å². The van der Waals surface area contributed by atoms with Crippen LogP contribution in [0.15, 0.2) is 83.7 Å². The van der Waals surface area contributed by atoms with Crippen molar-refractivity contribution in [2.45, 2.75) is 45.1 Å². The van der Waals surface area contributed by atoms with Crippen molar-refractivity contribution in [1.82, 2.24) is 14.8 Å². The molecule has 6 heteroatoms. The summed E-state index contributed by atoms with van der Waals surface area (Å²) in [6.07, 6.45) is 3.68. The summed E-state index contributed by atoms with van der Waals surface area (Å²) in [6.45, 7) is 4.85. The summed E-state index contributed by atoms with van der Waals surface area (Å²) in [4.78, 5) is 29.5. The topological polar surface area (TPSA) is 74.6 Å². The fraction of sp³-hybridized carbons (Fsp3) is 0.333. The zero-order valence-corrected chi connectivity index (χ0v) is 20.7. The van der Waals surface area contributed by atoms with Crippen molar-refractivity contribution in [2.75, 3.05) is 6.61 Å². The van der Waals surface area contributed by atoms with E-state index in [9.17, 15) is 14.7 Å². The first-order chi connectivity index (χ1) is 17.5. The van der Waals surface area contributed by atoms with E-state index in [1.165, 1.54) is 0 Å². The maximum atomic E-state index is 13.9. The molecular weight excluding hydrogens is 450 g/mol. The number of hydrogen-bond donors (Lipinski definition) is 2. The highest BCUT2D eigenvalue weighted by molar-refractivity contribution is 5.81. The van der Waals surface area contributed by atoms with E-state index in [1.54, 1.807) is 0 Å². The van der Waals surface area contributed by atoms with E-state index >= 15 is 0 Å². The molecule has 3 heterocycles. The van der Waals surface area contributed by atoms with Crippen LogP contribution in [0.3, 0.4) is 0 Å². The second-order valence-corrected chi connectivity index (χ2v) is 9.81. The number of amides is 1. The number of pyridine rings is 1. The highest BCUT2D eigenvalue weighted by Gasteiger charge is 2.55. The number of benzene rings is 2. The Labute approximate surface area is 211 Å². The first kappa shape index (κ1) is 24.2. The van der Waals surface area contributed by atoms with E-state index in [4.69, 9.17) is 0 Å². The standard InChI is InChI=1S/C30H33N3O3/c1-3-10-23-15-16-25-28-27(29(35)31-20(2)22-13-8-5-9-14-22)24(19-34)26(18-33(25)30(23)36)32(28)17-21-11-6-4-7-12-21/h3-16,20,24,26-28,34H,17-19H2,1-2H3,(H,31,35)/b10-3+/t20-,24-,26-,27+,28+/m0/s1. The molecule has 5 rings (SSSR count). The van der Waals surface area contributed by atoms with Gasteiger partial charge in [-0.25, -0.2) is 0 Å². The van der Waals surface area contributed by atoms with Crippen molar-refractivity contribution >= 4 is 12.0 Å². The van der Waals surface area contributed by atoms with Gasteiger partial charge in [-0.1, -0.05) is 72.8 Å². The number of nitrogens with one attached hydrogen (secondary N) is 1. The molecule has 6 nitrogen and oxygen atoms in total. The number of aromatic nitrogens is 1. The first-order valence-corrected chi connectivity index (χ1v) is 12.7. The van der Waals surface area contributed by atoms with Gasteiger partial charge in [0.2, 0.25) is 5.91 Å². The van der Waals surface area contributed by atoms with Crippen LogP contribution in [-0.4, -0.2) is 33.1 Å². The molecule has 2 aliphatic rings. The van der Waals surface area contributed by atoms with E-state index in [-0.39, 0.29) is 42.1 Å². The Kier molecular flexibility index (Phi) is 6.90. The smallest absolute Gasteiger partial charge is 0.258 e. The molecule has 1 fully saturated rings. The van der Waals surface area contributed by atoms with Gasteiger partial charge in [0.1, 0.15) is 0 Å². The predicted octanol–water partition coefficient (Wildman–Crippen LogP) is 3.92. The van der Waals surface area contributed by atoms with Crippen molar-refractivity contribution in [1.29, 1.82) is 0 Å². The Hall–Kier alpha value is -3.48.